The first-order valence-electron chi connectivity index (χ1n) is 6.68. The molecule has 0 bridgehead atoms. The van der Waals surface area contributed by atoms with Crippen molar-refractivity contribution < 1.29 is 18.3 Å². The number of hydrogen-bond donors (Lipinski definition) is 2. The van der Waals surface area contributed by atoms with Crippen LogP contribution in [0.4, 0.5) is 0 Å². The number of carboxylic acid groups (broad SMARTS) is 1. The van der Waals surface area contributed by atoms with E-state index in [2.05, 4.69) is 11.6 Å². The lowest BCUT2D eigenvalue weighted by atomic mass is 9.83. The summed E-state index contributed by atoms with van der Waals surface area (Å²) in [4.78, 5) is 11.2. The molecule has 2 rings (SSSR count). The van der Waals surface area contributed by atoms with Gasteiger partial charge in [-0.05, 0) is 38.7 Å². The second-order valence-corrected chi connectivity index (χ2v) is 7.48. The second-order valence-electron chi connectivity index (χ2n) is 5.76. The topological polar surface area (TPSA) is 88.4 Å². The minimum atomic E-state index is -3.65. The van der Waals surface area contributed by atoms with Crippen LogP contribution in [0.2, 0.25) is 0 Å². The molecule has 1 aliphatic carbocycles. The molecule has 0 atom stereocenters. The molecule has 20 heavy (non-hydrogen) atoms. The minimum Gasteiger partial charge on any atom is -0.477 e. The predicted molar refractivity (Wildman–Crippen MR) is 74.3 cm³/mol. The zero-order chi connectivity index (χ0) is 15.1. The number of carboxylic acids is 1. The molecule has 7 heteroatoms. The maximum absolute atomic E-state index is 12.2. The Kier molecular flexibility index (Phi) is 3.93. The first-order valence-corrected chi connectivity index (χ1v) is 8.16. The average Bonchev–Trinajstić information content (AvgIpc) is 2.72. The van der Waals surface area contributed by atoms with E-state index in [0.29, 0.717) is 5.92 Å². The largest absolute Gasteiger partial charge is 0.477 e. The lowest BCUT2D eigenvalue weighted by Crippen LogP contribution is -2.43. The first-order chi connectivity index (χ1) is 9.20. The highest BCUT2D eigenvalue weighted by atomic mass is 32.2. The molecule has 6 nitrogen and oxygen atoms in total. The minimum absolute atomic E-state index is 0.0117. The molecule has 1 saturated carbocycles. The Morgan fingerprint density at radius 1 is 1.45 bits per heavy atom. The summed E-state index contributed by atoms with van der Waals surface area (Å²) in [6.07, 6.45) is 3.05. The van der Waals surface area contributed by atoms with Gasteiger partial charge in [-0.25, -0.2) is 17.9 Å². The summed E-state index contributed by atoms with van der Waals surface area (Å²) in [5, 5.41) is 9.13. The van der Waals surface area contributed by atoms with Crippen molar-refractivity contribution in [2.24, 2.45) is 5.92 Å². The number of sulfonamides is 1. The van der Waals surface area contributed by atoms with Crippen molar-refractivity contribution in [3.8, 4) is 0 Å². The SMILES string of the molecule is CC1CC(NS(=O)(=O)c2cc(C(=O)O)n(C(C)C)c2)C1. The van der Waals surface area contributed by atoms with Crippen LogP contribution in [0.15, 0.2) is 17.2 Å². The van der Waals surface area contributed by atoms with Crippen LogP contribution in [-0.2, 0) is 10.0 Å². The van der Waals surface area contributed by atoms with Gasteiger partial charge in [0.2, 0.25) is 10.0 Å². The Morgan fingerprint density at radius 3 is 2.45 bits per heavy atom. The molecule has 2 N–H and O–H groups in total. The molecule has 0 saturated heterocycles. The van der Waals surface area contributed by atoms with E-state index in [4.69, 9.17) is 5.11 Å². The maximum Gasteiger partial charge on any atom is 0.352 e. The normalized spacial score (nSPS) is 22.8. The van der Waals surface area contributed by atoms with Gasteiger partial charge in [-0.15, -0.1) is 0 Å². The van der Waals surface area contributed by atoms with E-state index >= 15 is 0 Å². The second kappa shape index (κ2) is 5.21. The third-order valence-electron chi connectivity index (χ3n) is 3.60. The molecule has 1 aliphatic rings. The van der Waals surface area contributed by atoms with E-state index in [0.717, 1.165) is 12.8 Å². The lowest BCUT2D eigenvalue weighted by molar-refractivity contribution is 0.0683. The van der Waals surface area contributed by atoms with Gasteiger partial charge in [-0.3, -0.25) is 0 Å². The summed E-state index contributed by atoms with van der Waals surface area (Å²) in [5.41, 5.74) is -0.0117. The van der Waals surface area contributed by atoms with E-state index in [1.807, 2.05) is 13.8 Å². The number of hydrogen-bond acceptors (Lipinski definition) is 3. The third kappa shape index (κ3) is 2.88. The molecule has 0 radical (unpaired) electrons. The van der Waals surface area contributed by atoms with Gasteiger partial charge in [0.15, 0.2) is 0 Å². The summed E-state index contributed by atoms with van der Waals surface area (Å²) in [5.74, 6) is -0.588. The third-order valence-corrected chi connectivity index (χ3v) is 5.09. The molecule has 0 spiro atoms. The molecule has 1 aromatic rings. The van der Waals surface area contributed by atoms with Crippen molar-refractivity contribution in [1.29, 1.82) is 0 Å². The van der Waals surface area contributed by atoms with Gasteiger partial charge < -0.3 is 9.67 Å². The molecular weight excluding hydrogens is 280 g/mol. The van der Waals surface area contributed by atoms with Crippen LogP contribution in [-0.4, -0.2) is 30.1 Å². The summed E-state index contributed by atoms with van der Waals surface area (Å²) in [7, 11) is -3.65. The number of nitrogens with one attached hydrogen (secondary N) is 1. The van der Waals surface area contributed by atoms with Crippen molar-refractivity contribution in [1.82, 2.24) is 9.29 Å². The Morgan fingerprint density at radius 2 is 2.05 bits per heavy atom. The summed E-state index contributed by atoms with van der Waals surface area (Å²) in [6, 6.07) is 1.06. The van der Waals surface area contributed by atoms with Crippen LogP contribution < -0.4 is 4.72 Å². The molecule has 0 amide bonds. The monoisotopic (exact) mass is 300 g/mol. The number of aromatic carboxylic acids is 1. The van der Waals surface area contributed by atoms with E-state index in [9.17, 15) is 13.2 Å². The van der Waals surface area contributed by atoms with Crippen LogP contribution in [0.3, 0.4) is 0 Å². The summed E-state index contributed by atoms with van der Waals surface area (Å²) in [6.45, 7) is 5.69. The smallest absolute Gasteiger partial charge is 0.352 e. The van der Waals surface area contributed by atoms with Crippen LogP contribution in [0, 0.1) is 5.92 Å². The lowest BCUT2D eigenvalue weighted by Gasteiger charge is -2.32. The van der Waals surface area contributed by atoms with Gasteiger partial charge in [0.25, 0.3) is 0 Å². The molecule has 0 unspecified atom stereocenters. The van der Waals surface area contributed by atoms with Crippen LogP contribution >= 0.6 is 0 Å². The Hall–Kier alpha value is -1.34. The standard InChI is InChI=1S/C13H20N2O4S/c1-8(2)15-7-11(6-12(15)13(16)17)20(18,19)14-10-4-9(3)5-10/h6-10,14H,4-5H2,1-3H3,(H,16,17). The zero-order valence-electron chi connectivity index (χ0n) is 11.8. The van der Waals surface area contributed by atoms with Crippen molar-refractivity contribution in [3.05, 3.63) is 18.0 Å². The highest BCUT2D eigenvalue weighted by molar-refractivity contribution is 7.89. The quantitative estimate of drug-likeness (QED) is 0.868. The van der Waals surface area contributed by atoms with Crippen LogP contribution in [0.25, 0.3) is 0 Å². The number of carbonyl (C=O) groups is 1. The zero-order valence-corrected chi connectivity index (χ0v) is 12.6. The molecule has 1 fully saturated rings. The summed E-state index contributed by atoms with van der Waals surface area (Å²) >= 11 is 0. The van der Waals surface area contributed by atoms with Gasteiger partial charge >= 0.3 is 5.97 Å². The molecule has 1 aromatic heterocycles. The Bertz CT molecular complexity index is 612. The van der Waals surface area contributed by atoms with Gasteiger partial charge in [0.05, 0.1) is 0 Å². The van der Waals surface area contributed by atoms with Gasteiger partial charge in [0.1, 0.15) is 10.6 Å². The molecule has 0 aliphatic heterocycles. The van der Waals surface area contributed by atoms with Crippen molar-refractivity contribution in [3.63, 3.8) is 0 Å². The first kappa shape index (κ1) is 15.1. The average molecular weight is 300 g/mol. The Labute approximate surface area is 118 Å². The van der Waals surface area contributed by atoms with E-state index < -0.39 is 16.0 Å². The fourth-order valence-electron chi connectivity index (χ4n) is 2.49. The highest BCUT2D eigenvalue weighted by Gasteiger charge is 2.31. The van der Waals surface area contributed by atoms with E-state index in [-0.39, 0.29) is 22.7 Å². The molecule has 1 heterocycles. The molecule has 112 valence electrons. The van der Waals surface area contributed by atoms with Gasteiger partial charge in [-0.1, -0.05) is 6.92 Å². The molecule has 0 aromatic carbocycles. The fraction of sp³-hybridized carbons (Fsp3) is 0.615. The molecular formula is C13H20N2O4S. The maximum atomic E-state index is 12.2. The Balaban J connectivity index is 2.27. The summed E-state index contributed by atoms with van der Waals surface area (Å²) < 4.78 is 28.6. The predicted octanol–water partition coefficient (Wildman–Crippen LogP) is 1.84. The van der Waals surface area contributed by atoms with Crippen LogP contribution in [0.1, 0.15) is 50.1 Å². The van der Waals surface area contributed by atoms with E-state index in [1.54, 1.807) is 0 Å². The van der Waals surface area contributed by atoms with Crippen molar-refractivity contribution >= 4 is 16.0 Å². The van der Waals surface area contributed by atoms with Crippen molar-refractivity contribution in [2.75, 3.05) is 0 Å². The van der Waals surface area contributed by atoms with Gasteiger partial charge in [0, 0.05) is 18.3 Å². The van der Waals surface area contributed by atoms with Crippen LogP contribution in [0.5, 0.6) is 0 Å². The number of aromatic nitrogens is 1. The van der Waals surface area contributed by atoms with Gasteiger partial charge in [-0.2, -0.15) is 0 Å². The van der Waals surface area contributed by atoms with E-state index in [1.165, 1.54) is 16.8 Å². The fourth-order valence-corrected chi connectivity index (χ4v) is 3.77. The van der Waals surface area contributed by atoms with Crippen molar-refractivity contribution in [2.45, 2.75) is 50.6 Å². The number of nitrogens with zero attached hydrogens (tertiary/aromatic N) is 1. The highest BCUT2D eigenvalue weighted by Crippen LogP contribution is 2.28. The number of rotatable bonds is 5.